The van der Waals surface area contributed by atoms with E-state index < -0.39 is 23.7 Å². The normalized spacial score (nSPS) is 12.0. The number of hydrogen-bond acceptors (Lipinski definition) is 6. The average Bonchev–Trinajstić information content (AvgIpc) is 2.73. The first-order chi connectivity index (χ1) is 15.5. The molecular weight excluding hydrogens is 435 g/mol. The van der Waals surface area contributed by atoms with Gasteiger partial charge in [0.1, 0.15) is 12.4 Å². The van der Waals surface area contributed by atoms with E-state index in [9.17, 15) is 29.0 Å². The van der Waals surface area contributed by atoms with Gasteiger partial charge in [-0.05, 0) is 49.2 Å². The molecule has 0 aromatic heterocycles. The predicted molar refractivity (Wildman–Crippen MR) is 117 cm³/mol. The third kappa shape index (κ3) is 10.1. The monoisotopic (exact) mass is 462 g/mol. The summed E-state index contributed by atoms with van der Waals surface area (Å²) >= 11 is 0. The summed E-state index contributed by atoms with van der Waals surface area (Å²) in [6.45, 7) is 2.47. The Labute approximate surface area is 190 Å². The van der Waals surface area contributed by atoms with E-state index in [2.05, 4.69) is 10.6 Å². The highest BCUT2D eigenvalue weighted by Crippen LogP contribution is 2.12. The van der Waals surface area contributed by atoms with Gasteiger partial charge in [-0.3, -0.25) is 4.79 Å². The third-order valence-corrected chi connectivity index (χ3v) is 4.22. The van der Waals surface area contributed by atoms with E-state index >= 15 is 0 Å². The zero-order chi connectivity index (χ0) is 24.4. The highest BCUT2D eigenvalue weighted by Gasteiger charge is 2.22. The van der Waals surface area contributed by atoms with Crippen LogP contribution in [0.5, 0.6) is 0 Å². The number of nitrogens with one attached hydrogen (secondary N) is 2. The number of carbonyl (C=O) groups is 3. The van der Waals surface area contributed by atoms with Gasteiger partial charge in [-0.2, -0.15) is 0 Å². The number of carboxylic acid groups (broad SMARTS) is 1. The number of carbonyl (C=O) groups excluding carboxylic acids is 2. The second kappa shape index (κ2) is 11.9. The summed E-state index contributed by atoms with van der Waals surface area (Å²) in [5.74, 6) is -1.94. The van der Waals surface area contributed by atoms with E-state index in [0.29, 0.717) is 16.8 Å². The van der Waals surface area contributed by atoms with Gasteiger partial charge in [0, 0.05) is 5.69 Å². The minimum absolute atomic E-state index is 0.0928. The number of carboxylic acids is 1. The first-order valence-electron chi connectivity index (χ1n) is 10.1. The van der Waals surface area contributed by atoms with Crippen LogP contribution in [0.2, 0.25) is 0 Å². The molecule has 1 unspecified atom stereocenters. The molecule has 0 aliphatic rings. The van der Waals surface area contributed by atoms with Gasteiger partial charge < -0.3 is 30.3 Å². The van der Waals surface area contributed by atoms with Gasteiger partial charge >= 0.3 is 12.1 Å². The van der Waals surface area contributed by atoms with Crippen molar-refractivity contribution in [2.24, 2.45) is 0 Å². The van der Waals surface area contributed by atoms with E-state index in [4.69, 9.17) is 9.47 Å². The average molecular weight is 462 g/mol. The van der Waals surface area contributed by atoms with Crippen molar-refractivity contribution in [3.63, 3.8) is 0 Å². The topological polar surface area (TPSA) is 134 Å². The number of halogens is 1. The van der Waals surface area contributed by atoms with E-state index in [-0.39, 0.29) is 38.0 Å². The van der Waals surface area contributed by atoms with Gasteiger partial charge in [-0.25, -0.2) is 14.0 Å². The lowest BCUT2D eigenvalue weighted by molar-refractivity contribution is -0.141. The molecule has 0 bridgehead atoms. The molecule has 0 saturated heterocycles. The fourth-order valence-electron chi connectivity index (χ4n) is 2.61. The largest absolute Gasteiger partial charge is 0.480 e. The fourth-order valence-corrected chi connectivity index (χ4v) is 2.61. The lowest BCUT2D eigenvalue weighted by Gasteiger charge is -2.19. The van der Waals surface area contributed by atoms with Crippen molar-refractivity contribution in [1.82, 2.24) is 5.32 Å². The standard InChI is InChI=1S/C23H27FN2O7/c1-23(2,31)14-32-13-19(21(28)29)26-22(30)33-12-16-5-9-18(10-6-16)25-20(27)11-15-3-7-17(24)8-4-15/h3-10,19,31H,11-14H2,1-2H3,(H,25,27)(H,26,30)(H,28,29). The second-order valence-corrected chi connectivity index (χ2v) is 7.99. The van der Waals surface area contributed by atoms with Crippen LogP contribution in [0.25, 0.3) is 0 Å². The van der Waals surface area contributed by atoms with Crippen molar-refractivity contribution < 1.29 is 38.5 Å². The lowest BCUT2D eigenvalue weighted by Crippen LogP contribution is -2.45. The molecule has 2 aromatic rings. The summed E-state index contributed by atoms with van der Waals surface area (Å²) < 4.78 is 23.1. The molecule has 10 heteroatoms. The molecule has 0 spiro atoms. The first-order valence-corrected chi connectivity index (χ1v) is 10.1. The van der Waals surface area contributed by atoms with E-state index in [1.807, 2.05) is 0 Å². The Hall–Kier alpha value is -3.50. The predicted octanol–water partition coefficient (Wildman–Crippen LogP) is 2.47. The van der Waals surface area contributed by atoms with Crippen LogP contribution >= 0.6 is 0 Å². The maximum absolute atomic E-state index is 12.9. The van der Waals surface area contributed by atoms with E-state index in [1.54, 1.807) is 24.3 Å². The Morgan fingerprint density at radius 3 is 2.21 bits per heavy atom. The number of hydrogen-bond donors (Lipinski definition) is 4. The Kier molecular flexibility index (Phi) is 9.31. The van der Waals surface area contributed by atoms with Crippen molar-refractivity contribution in [3.8, 4) is 0 Å². The van der Waals surface area contributed by atoms with Crippen molar-refractivity contribution in [2.75, 3.05) is 18.5 Å². The molecule has 1 atom stereocenters. The van der Waals surface area contributed by atoms with Crippen molar-refractivity contribution in [3.05, 3.63) is 65.5 Å². The molecule has 2 aromatic carbocycles. The SMILES string of the molecule is CC(C)(O)COCC(NC(=O)OCc1ccc(NC(=O)Cc2ccc(F)cc2)cc1)C(=O)O. The summed E-state index contributed by atoms with van der Waals surface area (Å²) in [5, 5.41) is 23.7. The molecule has 0 aliphatic heterocycles. The van der Waals surface area contributed by atoms with Crippen LogP contribution in [0.15, 0.2) is 48.5 Å². The third-order valence-electron chi connectivity index (χ3n) is 4.22. The quantitative estimate of drug-likeness (QED) is 0.403. The van der Waals surface area contributed by atoms with Gasteiger partial charge in [-0.1, -0.05) is 24.3 Å². The zero-order valence-electron chi connectivity index (χ0n) is 18.3. The number of amides is 2. The molecule has 2 amide bonds. The molecule has 0 heterocycles. The Balaban J connectivity index is 1.77. The summed E-state index contributed by atoms with van der Waals surface area (Å²) in [4.78, 5) is 35.3. The van der Waals surface area contributed by atoms with Crippen molar-refractivity contribution in [2.45, 2.75) is 38.5 Å². The van der Waals surface area contributed by atoms with Crippen LogP contribution in [0, 0.1) is 5.82 Å². The number of aliphatic carboxylic acids is 1. The number of rotatable bonds is 11. The molecule has 4 N–H and O–H groups in total. The second-order valence-electron chi connectivity index (χ2n) is 7.99. The fraction of sp³-hybridized carbons (Fsp3) is 0.348. The zero-order valence-corrected chi connectivity index (χ0v) is 18.3. The summed E-state index contributed by atoms with van der Waals surface area (Å²) in [7, 11) is 0. The minimum Gasteiger partial charge on any atom is -0.480 e. The van der Waals surface area contributed by atoms with E-state index in [1.165, 1.54) is 38.1 Å². The summed E-state index contributed by atoms with van der Waals surface area (Å²) in [6.07, 6.45) is -0.846. The number of aliphatic hydroxyl groups is 1. The molecule has 178 valence electrons. The van der Waals surface area contributed by atoms with Crippen molar-refractivity contribution in [1.29, 1.82) is 0 Å². The minimum atomic E-state index is -1.33. The molecule has 0 aliphatic carbocycles. The van der Waals surface area contributed by atoms with Crippen molar-refractivity contribution >= 4 is 23.7 Å². The molecule has 33 heavy (non-hydrogen) atoms. The Bertz CT molecular complexity index is 941. The molecule has 0 saturated carbocycles. The Morgan fingerprint density at radius 1 is 1.03 bits per heavy atom. The maximum Gasteiger partial charge on any atom is 0.408 e. The first kappa shape index (κ1) is 25.8. The van der Waals surface area contributed by atoms with E-state index in [0.717, 1.165) is 0 Å². The molecule has 9 nitrogen and oxygen atoms in total. The number of alkyl carbamates (subject to hydrolysis) is 1. The maximum atomic E-state index is 12.9. The Morgan fingerprint density at radius 2 is 1.64 bits per heavy atom. The highest BCUT2D eigenvalue weighted by molar-refractivity contribution is 5.92. The smallest absolute Gasteiger partial charge is 0.408 e. The van der Waals surface area contributed by atoms with Gasteiger partial charge in [0.25, 0.3) is 0 Å². The van der Waals surface area contributed by atoms with Gasteiger partial charge in [0.2, 0.25) is 5.91 Å². The lowest BCUT2D eigenvalue weighted by atomic mass is 10.1. The van der Waals surface area contributed by atoms with Gasteiger partial charge in [0.05, 0.1) is 25.2 Å². The number of anilines is 1. The highest BCUT2D eigenvalue weighted by atomic mass is 19.1. The summed E-state index contributed by atoms with van der Waals surface area (Å²) in [6, 6.07) is 10.9. The van der Waals surface area contributed by atoms with Crippen LogP contribution < -0.4 is 10.6 Å². The van der Waals surface area contributed by atoms with Crippen LogP contribution in [0.4, 0.5) is 14.9 Å². The molecule has 0 radical (unpaired) electrons. The van der Waals surface area contributed by atoms with Crippen LogP contribution in [0.1, 0.15) is 25.0 Å². The van der Waals surface area contributed by atoms with Gasteiger partial charge in [0.15, 0.2) is 6.04 Å². The van der Waals surface area contributed by atoms with Gasteiger partial charge in [-0.15, -0.1) is 0 Å². The molecular formula is C23H27FN2O7. The number of benzene rings is 2. The summed E-state index contributed by atoms with van der Waals surface area (Å²) in [5.41, 5.74) is 0.697. The number of ether oxygens (including phenoxy) is 2. The molecule has 0 fully saturated rings. The van der Waals surface area contributed by atoms with Crippen LogP contribution in [-0.4, -0.2) is 53.0 Å². The van der Waals surface area contributed by atoms with Crippen LogP contribution in [0.3, 0.4) is 0 Å². The molecule has 2 rings (SSSR count). The van der Waals surface area contributed by atoms with Crippen LogP contribution in [-0.2, 0) is 32.1 Å².